The normalized spacial score (nSPS) is 12.1. The first-order valence-electron chi connectivity index (χ1n) is 6.68. The van der Waals surface area contributed by atoms with Crippen LogP contribution in [0.5, 0.6) is 17.2 Å². The van der Waals surface area contributed by atoms with E-state index in [1.165, 1.54) is 38.5 Å². The van der Waals surface area contributed by atoms with Crippen molar-refractivity contribution in [3.63, 3.8) is 0 Å². The number of halogens is 4. The fourth-order valence-electron chi connectivity index (χ4n) is 2.23. The number of methoxy groups -OCH3 is 2. The van der Waals surface area contributed by atoms with E-state index in [1.54, 1.807) is 18.2 Å². The van der Waals surface area contributed by atoms with Crippen LogP contribution in [0, 0.1) is 0 Å². The lowest BCUT2D eigenvalue weighted by atomic mass is 9.97. The summed E-state index contributed by atoms with van der Waals surface area (Å²) in [4.78, 5) is 0. The van der Waals surface area contributed by atoms with E-state index in [4.69, 9.17) is 15.2 Å². The van der Waals surface area contributed by atoms with E-state index >= 15 is 0 Å². The van der Waals surface area contributed by atoms with Crippen LogP contribution in [0.15, 0.2) is 42.5 Å². The van der Waals surface area contributed by atoms with E-state index in [9.17, 15) is 13.2 Å². The molecule has 0 aliphatic carbocycles. The predicted octanol–water partition coefficient (Wildman–Crippen LogP) is 4.07. The van der Waals surface area contributed by atoms with Gasteiger partial charge in [0.1, 0.15) is 17.2 Å². The molecule has 0 bridgehead atoms. The summed E-state index contributed by atoms with van der Waals surface area (Å²) >= 11 is 0. The Morgan fingerprint density at radius 2 is 1.42 bits per heavy atom. The molecule has 1 atom stereocenters. The summed E-state index contributed by atoms with van der Waals surface area (Å²) in [5.74, 6) is 0.764. The van der Waals surface area contributed by atoms with Crippen LogP contribution in [0.3, 0.4) is 0 Å². The van der Waals surface area contributed by atoms with Gasteiger partial charge in [-0.2, -0.15) is 0 Å². The minimum Gasteiger partial charge on any atom is -0.496 e. The standard InChI is InChI=1S/C16H16F3NO3.ClH/c1-21-12-4-3-5-13(22-2)14(12)15(20)10-6-8-11(9-7-10)23-16(17,18)19;/h3-9,15H,20H2,1-2H3;1H/t15-;/m0./s1. The van der Waals surface area contributed by atoms with E-state index in [1.807, 2.05) is 0 Å². The van der Waals surface area contributed by atoms with Crippen molar-refractivity contribution >= 4 is 12.4 Å². The lowest BCUT2D eigenvalue weighted by Gasteiger charge is -2.19. The molecule has 0 amide bonds. The van der Waals surface area contributed by atoms with E-state index in [0.29, 0.717) is 22.6 Å². The summed E-state index contributed by atoms with van der Waals surface area (Å²) in [6.07, 6.45) is -4.73. The fourth-order valence-corrected chi connectivity index (χ4v) is 2.23. The zero-order chi connectivity index (χ0) is 17.0. The number of alkyl halides is 3. The second-order valence-electron chi connectivity index (χ2n) is 4.67. The van der Waals surface area contributed by atoms with Crippen LogP contribution in [0.25, 0.3) is 0 Å². The topological polar surface area (TPSA) is 53.7 Å². The van der Waals surface area contributed by atoms with E-state index in [2.05, 4.69) is 4.74 Å². The molecule has 0 aromatic heterocycles. The molecular weight excluding hydrogens is 347 g/mol. The SMILES string of the molecule is COc1cccc(OC)c1[C@@H](N)c1ccc(OC(F)(F)F)cc1.Cl. The Morgan fingerprint density at radius 1 is 0.917 bits per heavy atom. The van der Waals surface area contributed by atoms with Crippen molar-refractivity contribution in [3.05, 3.63) is 53.6 Å². The third-order valence-corrected chi connectivity index (χ3v) is 3.25. The average Bonchev–Trinajstić information content (AvgIpc) is 2.52. The van der Waals surface area contributed by atoms with Gasteiger partial charge in [-0.05, 0) is 29.8 Å². The smallest absolute Gasteiger partial charge is 0.496 e. The second-order valence-corrected chi connectivity index (χ2v) is 4.67. The van der Waals surface area contributed by atoms with Crippen molar-refractivity contribution in [2.24, 2.45) is 5.73 Å². The quantitative estimate of drug-likeness (QED) is 0.870. The van der Waals surface area contributed by atoms with Gasteiger partial charge in [0.15, 0.2) is 0 Å². The first kappa shape index (κ1) is 19.9. The molecule has 0 aliphatic rings. The molecule has 2 rings (SSSR count). The minimum atomic E-state index is -4.73. The van der Waals surface area contributed by atoms with Crippen molar-refractivity contribution in [1.82, 2.24) is 0 Å². The van der Waals surface area contributed by atoms with Crippen molar-refractivity contribution in [3.8, 4) is 17.2 Å². The Kier molecular flexibility index (Phi) is 6.74. The van der Waals surface area contributed by atoms with Gasteiger partial charge in [-0.15, -0.1) is 25.6 Å². The van der Waals surface area contributed by atoms with Crippen LogP contribution >= 0.6 is 12.4 Å². The Balaban J connectivity index is 0.00000288. The predicted molar refractivity (Wildman–Crippen MR) is 85.9 cm³/mol. The molecule has 0 fully saturated rings. The Bertz CT molecular complexity index is 640. The summed E-state index contributed by atoms with van der Waals surface area (Å²) in [5, 5.41) is 0. The maximum Gasteiger partial charge on any atom is 0.573 e. The first-order valence-corrected chi connectivity index (χ1v) is 6.68. The van der Waals surface area contributed by atoms with Crippen LogP contribution in [-0.2, 0) is 0 Å². The van der Waals surface area contributed by atoms with Gasteiger partial charge in [0, 0.05) is 0 Å². The van der Waals surface area contributed by atoms with Crippen LogP contribution in [0.4, 0.5) is 13.2 Å². The van der Waals surface area contributed by atoms with Crippen molar-refractivity contribution in [2.75, 3.05) is 14.2 Å². The van der Waals surface area contributed by atoms with Crippen molar-refractivity contribution in [2.45, 2.75) is 12.4 Å². The summed E-state index contributed by atoms with van der Waals surface area (Å²) in [5.41, 5.74) is 7.44. The highest BCUT2D eigenvalue weighted by Crippen LogP contribution is 2.36. The molecule has 2 N–H and O–H groups in total. The van der Waals surface area contributed by atoms with Gasteiger partial charge in [0.2, 0.25) is 0 Å². The summed E-state index contributed by atoms with van der Waals surface area (Å²) < 4.78 is 51.0. The molecule has 0 unspecified atom stereocenters. The van der Waals surface area contributed by atoms with E-state index in [-0.39, 0.29) is 18.2 Å². The molecule has 2 aromatic carbocycles. The highest BCUT2D eigenvalue weighted by atomic mass is 35.5. The van der Waals surface area contributed by atoms with Gasteiger partial charge in [-0.1, -0.05) is 18.2 Å². The zero-order valence-electron chi connectivity index (χ0n) is 13.0. The summed E-state index contributed by atoms with van der Waals surface area (Å²) in [6, 6.07) is 9.97. The highest BCUT2D eigenvalue weighted by Gasteiger charge is 2.31. The van der Waals surface area contributed by atoms with Crippen LogP contribution in [0.1, 0.15) is 17.2 Å². The van der Waals surface area contributed by atoms with Gasteiger partial charge in [0.25, 0.3) is 0 Å². The zero-order valence-corrected chi connectivity index (χ0v) is 13.8. The lowest BCUT2D eigenvalue weighted by Crippen LogP contribution is -2.17. The maximum atomic E-state index is 12.2. The molecule has 2 aromatic rings. The molecule has 0 saturated heterocycles. The van der Waals surface area contributed by atoms with E-state index in [0.717, 1.165) is 0 Å². The van der Waals surface area contributed by atoms with Crippen molar-refractivity contribution in [1.29, 1.82) is 0 Å². The Morgan fingerprint density at radius 3 is 1.83 bits per heavy atom. The molecule has 0 heterocycles. The molecule has 0 radical (unpaired) electrons. The molecule has 4 nitrogen and oxygen atoms in total. The van der Waals surface area contributed by atoms with Crippen molar-refractivity contribution < 1.29 is 27.4 Å². The van der Waals surface area contributed by atoms with Gasteiger partial charge < -0.3 is 19.9 Å². The van der Waals surface area contributed by atoms with Gasteiger partial charge in [0.05, 0.1) is 25.8 Å². The van der Waals surface area contributed by atoms with Gasteiger partial charge in [-0.3, -0.25) is 0 Å². The summed E-state index contributed by atoms with van der Waals surface area (Å²) in [7, 11) is 3.01. The minimum absolute atomic E-state index is 0. The number of benzene rings is 2. The molecule has 0 saturated carbocycles. The molecule has 24 heavy (non-hydrogen) atoms. The van der Waals surface area contributed by atoms with Crippen LogP contribution in [0.2, 0.25) is 0 Å². The molecular formula is C16H17ClF3NO3. The number of ether oxygens (including phenoxy) is 3. The lowest BCUT2D eigenvalue weighted by molar-refractivity contribution is -0.274. The third kappa shape index (κ3) is 4.69. The number of hydrogen-bond donors (Lipinski definition) is 1. The summed E-state index contributed by atoms with van der Waals surface area (Å²) in [6.45, 7) is 0. The highest BCUT2D eigenvalue weighted by molar-refractivity contribution is 5.85. The first-order chi connectivity index (χ1) is 10.9. The number of hydrogen-bond acceptors (Lipinski definition) is 4. The number of rotatable bonds is 5. The fraction of sp³-hybridized carbons (Fsp3) is 0.250. The average molecular weight is 364 g/mol. The van der Waals surface area contributed by atoms with Gasteiger partial charge >= 0.3 is 6.36 Å². The Labute approximate surface area is 143 Å². The Hall–Kier alpha value is -2.12. The molecule has 0 spiro atoms. The number of nitrogens with two attached hydrogens (primary N) is 1. The third-order valence-electron chi connectivity index (χ3n) is 3.25. The van der Waals surface area contributed by atoms with Gasteiger partial charge in [-0.25, -0.2) is 0 Å². The molecule has 132 valence electrons. The van der Waals surface area contributed by atoms with E-state index < -0.39 is 12.4 Å². The molecule has 8 heteroatoms. The monoisotopic (exact) mass is 363 g/mol. The maximum absolute atomic E-state index is 12.2. The van der Waals surface area contributed by atoms with Crippen LogP contribution in [-0.4, -0.2) is 20.6 Å². The largest absolute Gasteiger partial charge is 0.573 e. The second kappa shape index (κ2) is 8.12. The molecule has 0 aliphatic heterocycles. The van der Waals surface area contributed by atoms with Crippen LogP contribution < -0.4 is 19.9 Å².